The molecular weight excluding hydrogens is 297 g/mol. The van der Waals surface area contributed by atoms with Crippen LogP contribution in [0.1, 0.15) is 23.2 Å². The Morgan fingerprint density at radius 1 is 1.32 bits per heavy atom. The third-order valence-corrected chi connectivity index (χ3v) is 5.20. The van der Waals surface area contributed by atoms with Crippen LogP contribution in [0.4, 0.5) is 4.39 Å². The van der Waals surface area contributed by atoms with Crippen molar-refractivity contribution in [1.82, 2.24) is 4.31 Å². The number of rotatable bonds is 3. The molecule has 1 aromatic carbocycles. The third kappa shape index (κ3) is 2.58. The topological polar surface area (TPSA) is 74.7 Å². The van der Waals surface area contributed by atoms with Gasteiger partial charge in [0.2, 0.25) is 10.0 Å². The zero-order valence-corrected chi connectivity index (χ0v) is 11.3. The van der Waals surface area contributed by atoms with Gasteiger partial charge in [0.05, 0.1) is 15.5 Å². The van der Waals surface area contributed by atoms with E-state index in [-0.39, 0.29) is 4.90 Å². The molecule has 1 fully saturated rings. The van der Waals surface area contributed by atoms with Crippen molar-refractivity contribution in [2.75, 3.05) is 13.1 Å². The number of halogens is 2. The predicted molar refractivity (Wildman–Crippen MR) is 66.4 cm³/mol. The van der Waals surface area contributed by atoms with Gasteiger partial charge >= 0.3 is 5.97 Å². The maximum absolute atomic E-state index is 13.5. The molecule has 0 bridgehead atoms. The normalized spacial score (nSPS) is 16.7. The molecule has 2 rings (SSSR count). The van der Waals surface area contributed by atoms with Gasteiger partial charge in [-0.2, -0.15) is 4.31 Å². The van der Waals surface area contributed by atoms with Crippen LogP contribution in [0, 0.1) is 5.82 Å². The zero-order chi connectivity index (χ0) is 14.2. The van der Waals surface area contributed by atoms with Crippen LogP contribution in [0.25, 0.3) is 0 Å². The van der Waals surface area contributed by atoms with Crippen molar-refractivity contribution >= 4 is 27.6 Å². The molecule has 1 N–H and O–H groups in total. The first-order chi connectivity index (χ1) is 8.84. The quantitative estimate of drug-likeness (QED) is 0.926. The largest absolute Gasteiger partial charge is 0.478 e. The van der Waals surface area contributed by atoms with Gasteiger partial charge in [0, 0.05) is 13.1 Å². The number of carboxylic acid groups (broad SMARTS) is 1. The Kier molecular flexibility index (Phi) is 3.80. The van der Waals surface area contributed by atoms with E-state index in [9.17, 15) is 17.6 Å². The van der Waals surface area contributed by atoms with Crippen molar-refractivity contribution in [3.8, 4) is 0 Å². The second-order valence-electron chi connectivity index (χ2n) is 4.18. The number of carbonyl (C=O) groups is 1. The molecule has 0 amide bonds. The summed E-state index contributed by atoms with van der Waals surface area (Å²) in [6.45, 7) is 0.712. The van der Waals surface area contributed by atoms with Gasteiger partial charge in [-0.1, -0.05) is 11.6 Å². The fourth-order valence-electron chi connectivity index (χ4n) is 1.95. The van der Waals surface area contributed by atoms with Crippen LogP contribution in [0.15, 0.2) is 17.0 Å². The lowest BCUT2D eigenvalue weighted by Crippen LogP contribution is -2.28. The Morgan fingerprint density at radius 3 is 2.42 bits per heavy atom. The van der Waals surface area contributed by atoms with Crippen molar-refractivity contribution in [2.45, 2.75) is 17.7 Å². The summed E-state index contributed by atoms with van der Waals surface area (Å²) in [7, 11) is -3.86. The molecular formula is C11H11ClFNO4S. The molecule has 0 aromatic heterocycles. The third-order valence-electron chi connectivity index (χ3n) is 2.93. The summed E-state index contributed by atoms with van der Waals surface area (Å²) in [4.78, 5) is 10.5. The summed E-state index contributed by atoms with van der Waals surface area (Å²) in [6, 6.07) is 1.64. The number of benzene rings is 1. The molecule has 5 nitrogen and oxygen atoms in total. The Balaban J connectivity index is 2.54. The highest BCUT2D eigenvalue weighted by Crippen LogP contribution is 2.27. The van der Waals surface area contributed by atoms with E-state index in [1.807, 2.05) is 0 Å². The van der Waals surface area contributed by atoms with E-state index in [1.165, 1.54) is 4.31 Å². The van der Waals surface area contributed by atoms with Crippen LogP contribution in [-0.4, -0.2) is 36.9 Å². The first-order valence-corrected chi connectivity index (χ1v) is 7.38. The minimum absolute atomic E-state index is 0.356. The molecule has 0 aliphatic carbocycles. The monoisotopic (exact) mass is 307 g/mol. The molecule has 1 aliphatic rings. The maximum atomic E-state index is 13.5. The summed E-state index contributed by atoms with van der Waals surface area (Å²) in [5, 5.41) is 8.30. The summed E-state index contributed by atoms with van der Waals surface area (Å²) in [6.07, 6.45) is 1.47. The number of carboxylic acids is 1. The minimum Gasteiger partial charge on any atom is -0.478 e. The number of hydrogen-bond acceptors (Lipinski definition) is 3. The van der Waals surface area contributed by atoms with E-state index in [4.69, 9.17) is 16.7 Å². The van der Waals surface area contributed by atoms with E-state index in [1.54, 1.807) is 0 Å². The van der Waals surface area contributed by atoms with E-state index in [0.717, 1.165) is 25.0 Å². The smallest absolute Gasteiger partial charge is 0.337 e. The van der Waals surface area contributed by atoms with Crippen LogP contribution in [-0.2, 0) is 10.0 Å². The van der Waals surface area contributed by atoms with Gasteiger partial charge < -0.3 is 5.11 Å². The van der Waals surface area contributed by atoms with Gasteiger partial charge in [-0.15, -0.1) is 0 Å². The van der Waals surface area contributed by atoms with E-state index < -0.39 is 32.4 Å². The number of hydrogen-bond donors (Lipinski definition) is 1. The van der Waals surface area contributed by atoms with Gasteiger partial charge in [0.15, 0.2) is 0 Å². The highest BCUT2D eigenvalue weighted by molar-refractivity contribution is 7.89. The van der Waals surface area contributed by atoms with Crippen LogP contribution in [0.5, 0.6) is 0 Å². The molecule has 1 aliphatic heterocycles. The van der Waals surface area contributed by atoms with Crippen molar-refractivity contribution < 1.29 is 22.7 Å². The maximum Gasteiger partial charge on any atom is 0.337 e. The summed E-state index contributed by atoms with van der Waals surface area (Å²) in [5.41, 5.74) is -0.556. The Bertz CT molecular complexity index is 626. The minimum atomic E-state index is -3.86. The second-order valence-corrected chi connectivity index (χ2v) is 6.50. The SMILES string of the molecule is O=C(O)c1cc(S(=O)(=O)N2CCCC2)cc(F)c1Cl. The average molecular weight is 308 g/mol. The first kappa shape index (κ1) is 14.2. The zero-order valence-electron chi connectivity index (χ0n) is 9.77. The van der Waals surface area contributed by atoms with Crippen LogP contribution >= 0.6 is 11.6 Å². The van der Waals surface area contributed by atoms with E-state index in [0.29, 0.717) is 13.1 Å². The Morgan fingerprint density at radius 2 is 1.89 bits per heavy atom. The molecule has 0 spiro atoms. The Labute approximate surface area is 114 Å². The molecule has 1 heterocycles. The van der Waals surface area contributed by atoms with Crippen LogP contribution < -0.4 is 0 Å². The fraction of sp³-hybridized carbons (Fsp3) is 0.364. The molecule has 0 unspecified atom stereocenters. The van der Waals surface area contributed by atoms with Crippen LogP contribution in [0.3, 0.4) is 0 Å². The highest BCUT2D eigenvalue weighted by atomic mass is 35.5. The number of nitrogens with zero attached hydrogens (tertiary/aromatic N) is 1. The van der Waals surface area contributed by atoms with Gasteiger partial charge in [-0.05, 0) is 25.0 Å². The van der Waals surface area contributed by atoms with Crippen molar-refractivity contribution in [2.24, 2.45) is 0 Å². The second kappa shape index (κ2) is 5.07. The van der Waals surface area contributed by atoms with Gasteiger partial charge in [0.1, 0.15) is 5.82 Å². The summed E-state index contributed by atoms with van der Waals surface area (Å²) < 4.78 is 39.1. The van der Waals surface area contributed by atoms with E-state index >= 15 is 0 Å². The van der Waals surface area contributed by atoms with E-state index in [2.05, 4.69) is 0 Å². The number of aromatic carboxylic acids is 1. The molecule has 0 saturated carbocycles. The average Bonchev–Trinajstić information content (AvgIpc) is 2.86. The molecule has 0 radical (unpaired) electrons. The van der Waals surface area contributed by atoms with Crippen molar-refractivity contribution in [1.29, 1.82) is 0 Å². The number of sulfonamides is 1. The molecule has 104 valence electrons. The molecule has 0 atom stereocenters. The highest BCUT2D eigenvalue weighted by Gasteiger charge is 2.29. The lowest BCUT2D eigenvalue weighted by Gasteiger charge is -2.16. The standard InChI is InChI=1S/C11H11ClFNO4S/c12-10-8(11(15)16)5-7(6-9(10)13)19(17,18)14-3-1-2-4-14/h5-6H,1-4H2,(H,15,16). The van der Waals surface area contributed by atoms with Crippen LogP contribution in [0.2, 0.25) is 5.02 Å². The summed E-state index contributed by atoms with van der Waals surface area (Å²) >= 11 is 5.51. The first-order valence-electron chi connectivity index (χ1n) is 5.56. The molecule has 1 saturated heterocycles. The van der Waals surface area contributed by atoms with Crippen molar-refractivity contribution in [3.05, 3.63) is 28.5 Å². The fourth-order valence-corrected chi connectivity index (χ4v) is 3.69. The Hall–Kier alpha value is -1.18. The lowest BCUT2D eigenvalue weighted by molar-refractivity contribution is 0.0696. The predicted octanol–water partition coefficient (Wildman–Crippen LogP) is 1.96. The lowest BCUT2D eigenvalue weighted by atomic mass is 10.2. The van der Waals surface area contributed by atoms with Gasteiger partial charge in [-0.25, -0.2) is 17.6 Å². The molecule has 1 aromatic rings. The molecule has 8 heteroatoms. The van der Waals surface area contributed by atoms with Gasteiger partial charge in [-0.3, -0.25) is 0 Å². The van der Waals surface area contributed by atoms with Crippen molar-refractivity contribution in [3.63, 3.8) is 0 Å². The summed E-state index contributed by atoms with van der Waals surface area (Å²) in [5.74, 6) is -2.53. The van der Waals surface area contributed by atoms with Gasteiger partial charge in [0.25, 0.3) is 0 Å². The molecule has 19 heavy (non-hydrogen) atoms.